The molecule has 1 heterocycles. The Hall–Kier alpha value is 0.1000. The van der Waals surface area contributed by atoms with Crippen molar-refractivity contribution in [3.05, 3.63) is 23.2 Å². The predicted molar refractivity (Wildman–Crippen MR) is 31.4 cm³/mol. The van der Waals surface area contributed by atoms with Gasteiger partial charge in [0.15, 0.2) is 0 Å². The van der Waals surface area contributed by atoms with Crippen molar-refractivity contribution in [3.8, 4) is 0 Å². The molecule has 0 bridgehead atoms. The maximum Gasteiger partial charge on any atom is 1.00 e. The molecule has 9 heavy (non-hydrogen) atoms. The molecule has 5 heteroatoms. The van der Waals surface area contributed by atoms with Crippen LogP contribution in [0.3, 0.4) is 0 Å². The van der Waals surface area contributed by atoms with Crippen LogP contribution in [0.1, 0.15) is 1.43 Å². The fraction of sp³-hybridized carbons (Fsp3) is 0. The summed E-state index contributed by atoms with van der Waals surface area (Å²) in [7, 11) is 0. The topological polar surface area (TPSA) is 38.0 Å². The second kappa shape index (κ2) is 4.00. The molecule has 1 aromatic rings. The second-order valence-electron chi connectivity index (χ2n) is 1.25. The molecule has 0 atom stereocenters. The predicted octanol–water partition coefficient (Wildman–Crippen LogP) is -2.03. The molecule has 0 amide bonds. The van der Waals surface area contributed by atoms with Gasteiger partial charge >= 0.3 is 29.6 Å². The van der Waals surface area contributed by atoms with Gasteiger partial charge in [0.05, 0.1) is 0 Å². The van der Waals surface area contributed by atoms with Crippen molar-refractivity contribution in [2.45, 2.75) is 0 Å². The quantitative estimate of drug-likeness (QED) is 0.264. The van der Waals surface area contributed by atoms with Gasteiger partial charge < -0.3 is 6.63 Å². The van der Waals surface area contributed by atoms with Crippen LogP contribution in [0.4, 0.5) is 0 Å². The Morgan fingerprint density at radius 2 is 2.44 bits per heavy atom. The summed E-state index contributed by atoms with van der Waals surface area (Å²) >= 11 is 4.56. The zero-order chi connectivity index (χ0) is 5.98. The van der Waals surface area contributed by atoms with E-state index >= 15 is 0 Å². The Balaban J connectivity index is 0. The standard InChI is InChI=1S/C4H4N2OS.Na.H/c7-6-3-1-2-5-4(6)8;;/h1-3,7H;;/q;+1;-1. The smallest absolute Gasteiger partial charge is 1.00 e. The molecular formula is C4H5N2NaOS. The van der Waals surface area contributed by atoms with Gasteiger partial charge in [-0.3, -0.25) is 0 Å². The fourth-order valence-corrected chi connectivity index (χ4v) is 0.471. The van der Waals surface area contributed by atoms with Gasteiger partial charge in [0.2, 0.25) is 4.77 Å². The Morgan fingerprint density at radius 3 is 2.78 bits per heavy atom. The Bertz CT molecular complexity index is 241. The maximum absolute atomic E-state index is 8.67. The summed E-state index contributed by atoms with van der Waals surface area (Å²) in [5, 5.41) is 8.67. The molecular weight excluding hydrogens is 147 g/mol. The average molecular weight is 152 g/mol. The fourth-order valence-electron chi connectivity index (χ4n) is 0.350. The molecule has 1 rings (SSSR count). The van der Waals surface area contributed by atoms with E-state index in [9.17, 15) is 0 Å². The molecule has 0 aliphatic carbocycles. The Kier molecular flexibility index (Phi) is 4.05. The van der Waals surface area contributed by atoms with Crippen LogP contribution in [0.5, 0.6) is 0 Å². The Labute approximate surface area is 81.1 Å². The van der Waals surface area contributed by atoms with Crippen LogP contribution in [0, 0.1) is 4.77 Å². The molecule has 0 aliphatic rings. The van der Waals surface area contributed by atoms with E-state index in [4.69, 9.17) is 5.21 Å². The van der Waals surface area contributed by atoms with Crippen LogP contribution < -0.4 is 29.6 Å². The number of hydrogen-bond acceptors (Lipinski definition) is 3. The van der Waals surface area contributed by atoms with Gasteiger partial charge in [-0.1, -0.05) is 0 Å². The second-order valence-corrected chi connectivity index (χ2v) is 1.61. The summed E-state index contributed by atoms with van der Waals surface area (Å²) in [6.07, 6.45) is 2.95. The Morgan fingerprint density at radius 1 is 1.78 bits per heavy atom. The normalized spacial score (nSPS) is 8.00. The van der Waals surface area contributed by atoms with Gasteiger partial charge in [0.1, 0.15) is 0 Å². The van der Waals surface area contributed by atoms with Gasteiger partial charge in [-0.15, -0.1) is 0 Å². The minimum absolute atomic E-state index is 0. The van der Waals surface area contributed by atoms with Crippen molar-refractivity contribution >= 4 is 12.2 Å². The molecule has 1 aromatic heterocycles. The van der Waals surface area contributed by atoms with Gasteiger partial charge in [-0.25, -0.2) is 4.98 Å². The first kappa shape index (κ1) is 9.10. The molecule has 0 saturated heterocycles. The van der Waals surface area contributed by atoms with Crippen LogP contribution in [0.15, 0.2) is 18.5 Å². The molecule has 0 aromatic carbocycles. The van der Waals surface area contributed by atoms with E-state index in [1.54, 1.807) is 6.07 Å². The van der Waals surface area contributed by atoms with E-state index < -0.39 is 0 Å². The first-order valence-corrected chi connectivity index (χ1v) is 2.44. The van der Waals surface area contributed by atoms with E-state index in [1.807, 2.05) is 0 Å². The van der Waals surface area contributed by atoms with Crippen LogP contribution in [-0.2, 0) is 0 Å². The van der Waals surface area contributed by atoms with Crippen molar-refractivity contribution in [1.82, 2.24) is 9.71 Å². The SMILES string of the molecule is On1cccnc1=S.[H-].[Na+]. The average Bonchev–Trinajstić information content (AvgIpc) is 1.77. The van der Waals surface area contributed by atoms with Crippen molar-refractivity contribution in [3.63, 3.8) is 0 Å². The zero-order valence-corrected chi connectivity index (χ0v) is 7.80. The zero-order valence-electron chi connectivity index (χ0n) is 5.98. The molecule has 3 nitrogen and oxygen atoms in total. The van der Waals surface area contributed by atoms with Crippen LogP contribution >= 0.6 is 12.2 Å². The number of hydrogen-bond donors (Lipinski definition) is 1. The van der Waals surface area contributed by atoms with E-state index in [2.05, 4.69) is 17.2 Å². The van der Waals surface area contributed by atoms with E-state index in [0.29, 0.717) is 0 Å². The summed E-state index contributed by atoms with van der Waals surface area (Å²) in [5.74, 6) is 0. The van der Waals surface area contributed by atoms with Crippen molar-refractivity contribution in [2.24, 2.45) is 0 Å². The van der Waals surface area contributed by atoms with Gasteiger partial charge in [-0.2, -0.15) is 4.73 Å². The van der Waals surface area contributed by atoms with Crippen molar-refractivity contribution in [1.29, 1.82) is 0 Å². The molecule has 0 saturated carbocycles. The molecule has 1 N–H and O–H groups in total. The largest absolute Gasteiger partial charge is 1.00 e. The van der Waals surface area contributed by atoms with Gasteiger partial charge in [0, 0.05) is 12.4 Å². The minimum Gasteiger partial charge on any atom is -1.00 e. The molecule has 44 valence electrons. The number of rotatable bonds is 0. The molecule has 0 fully saturated rings. The molecule has 0 aliphatic heterocycles. The van der Waals surface area contributed by atoms with E-state index in [1.165, 1.54) is 12.4 Å². The monoisotopic (exact) mass is 152 g/mol. The molecule has 0 radical (unpaired) electrons. The third kappa shape index (κ3) is 2.45. The maximum atomic E-state index is 8.67. The first-order valence-electron chi connectivity index (χ1n) is 2.03. The molecule has 0 spiro atoms. The first-order chi connectivity index (χ1) is 3.80. The molecule has 0 unspecified atom stereocenters. The minimum atomic E-state index is 0. The van der Waals surface area contributed by atoms with E-state index in [-0.39, 0.29) is 35.8 Å². The van der Waals surface area contributed by atoms with E-state index in [0.717, 1.165) is 4.73 Å². The van der Waals surface area contributed by atoms with Crippen LogP contribution in [0.25, 0.3) is 0 Å². The van der Waals surface area contributed by atoms with Gasteiger partial charge in [0.25, 0.3) is 0 Å². The van der Waals surface area contributed by atoms with Crippen LogP contribution in [0.2, 0.25) is 0 Å². The third-order valence-corrected chi connectivity index (χ3v) is 0.987. The summed E-state index contributed by atoms with van der Waals surface area (Å²) in [4.78, 5) is 3.61. The summed E-state index contributed by atoms with van der Waals surface area (Å²) in [5.41, 5.74) is 0. The summed E-state index contributed by atoms with van der Waals surface area (Å²) in [6.45, 7) is 0. The van der Waals surface area contributed by atoms with Gasteiger partial charge in [-0.05, 0) is 18.3 Å². The number of nitrogens with zero attached hydrogens (tertiary/aromatic N) is 2. The van der Waals surface area contributed by atoms with Crippen molar-refractivity contribution < 1.29 is 36.2 Å². The third-order valence-electron chi connectivity index (χ3n) is 0.694. The summed E-state index contributed by atoms with van der Waals surface area (Å²) < 4.78 is 0.961. The summed E-state index contributed by atoms with van der Waals surface area (Å²) in [6, 6.07) is 1.59. The van der Waals surface area contributed by atoms with Crippen LogP contribution in [-0.4, -0.2) is 14.9 Å². The van der Waals surface area contributed by atoms with Crippen molar-refractivity contribution in [2.75, 3.05) is 0 Å². The number of aromatic nitrogens is 2.